The average Bonchev–Trinajstić information content (AvgIpc) is 3.13. The maximum atomic E-state index is 12.4. The fourth-order valence-electron chi connectivity index (χ4n) is 3.04. The number of nitrogens with zero attached hydrogens (tertiary/aromatic N) is 2. The Bertz CT molecular complexity index is 746. The molecule has 3 rings (SSSR count). The molecule has 1 fully saturated rings. The number of phenolic OH excluding ortho intramolecular Hbond substituents is 1. The van der Waals surface area contributed by atoms with Crippen molar-refractivity contribution in [3.8, 4) is 11.8 Å². The molecule has 2 atom stereocenters. The van der Waals surface area contributed by atoms with Crippen molar-refractivity contribution in [1.82, 2.24) is 9.88 Å². The predicted molar refractivity (Wildman–Crippen MR) is 82.0 cm³/mol. The predicted octanol–water partition coefficient (Wildman–Crippen LogP) is 1.26. The summed E-state index contributed by atoms with van der Waals surface area (Å²) in [5.41, 5.74) is 7.84. The van der Waals surface area contributed by atoms with Crippen LogP contribution in [0, 0.1) is 11.3 Å². The second kappa shape index (κ2) is 5.70. The van der Waals surface area contributed by atoms with E-state index in [9.17, 15) is 9.90 Å². The van der Waals surface area contributed by atoms with Crippen LogP contribution in [-0.2, 0) is 11.2 Å². The Hall–Kier alpha value is -2.52. The van der Waals surface area contributed by atoms with Gasteiger partial charge in [-0.2, -0.15) is 5.26 Å². The third-order valence-electron chi connectivity index (χ3n) is 4.19. The monoisotopic (exact) mass is 298 g/mol. The Kier molecular flexibility index (Phi) is 3.73. The van der Waals surface area contributed by atoms with Crippen LogP contribution in [0.2, 0.25) is 0 Å². The highest BCUT2D eigenvalue weighted by molar-refractivity contribution is 5.87. The van der Waals surface area contributed by atoms with Gasteiger partial charge in [0.1, 0.15) is 11.8 Å². The summed E-state index contributed by atoms with van der Waals surface area (Å²) in [5.74, 6) is -0.00381. The molecule has 0 bridgehead atoms. The molecule has 0 aliphatic carbocycles. The van der Waals surface area contributed by atoms with Gasteiger partial charge in [-0.1, -0.05) is 0 Å². The van der Waals surface area contributed by atoms with Gasteiger partial charge in [0.2, 0.25) is 5.91 Å². The molecule has 1 aromatic carbocycles. The number of rotatable bonds is 3. The number of benzene rings is 1. The van der Waals surface area contributed by atoms with E-state index in [1.807, 2.05) is 6.20 Å². The molecule has 4 N–H and O–H groups in total. The minimum atomic E-state index is -0.685. The van der Waals surface area contributed by atoms with Crippen molar-refractivity contribution in [2.45, 2.75) is 31.3 Å². The molecule has 0 saturated carbocycles. The first kappa shape index (κ1) is 14.4. The Labute approximate surface area is 128 Å². The van der Waals surface area contributed by atoms with Gasteiger partial charge >= 0.3 is 0 Å². The highest BCUT2D eigenvalue weighted by Crippen LogP contribution is 2.24. The zero-order chi connectivity index (χ0) is 15.7. The molecule has 22 heavy (non-hydrogen) atoms. The van der Waals surface area contributed by atoms with Crippen LogP contribution in [0.15, 0.2) is 24.4 Å². The number of carbonyl (C=O) groups excluding carboxylic acids is 1. The van der Waals surface area contributed by atoms with Gasteiger partial charge in [-0.05, 0) is 43.0 Å². The van der Waals surface area contributed by atoms with Crippen LogP contribution in [-0.4, -0.2) is 39.5 Å². The van der Waals surface area contributed by atoms with E-state index in [1.54, 1.807) is 23.1 Å². The van der Waals surface area contributed by atoms with Crippen LogP contribution in [0.1, 0.15) is 18.4 Å². The lowest BCUT2D eigenvalue weighted by Crippen LogP contribution is -2.46. The summed E-state index contributed by atoms with van der Waals surface area (Å²) in [4.78, 5) is 17.1. The van der Waals surface area contributed by atoms with Crippen molar-refractivity contribution in [3.05, 3.63) is 30.0 Å². The maximum Gasteiger partial charge on any atom is 0.240 e. The lowest BCUT2D eigenvalue weighted by Gasteiger charge is -2.23. The minimum Gasteiger partial charge on any atom is -0.508 e. The summed E-state index contributed by atoms with van der Waals surface area (Å²) in [6.45, 7) is 0.597. The van der Waals surface area contributed by atoms with E-state index in [1.165, 1.54) is 0 Å². The summed E-state index contributed by atoms with van der Waals surface area (Å²) in [5, 5.41) is 19.5. The number of hydrogen-bond donors (Lipinski definition) is 3. The van der Waals surface area contributed by atoms with Gasteiger partial charge in [-0.3, -0.25) is 4.79 Å². The smallest absolute Gasteiger partial charge is 0.240 e. The van der Waals surface area contributed by atoms with E-state index >= 15 is 0 Å². The van der Waals surface area contributed by atoms with Crippen molar-refractivity contribution < 1.29 is 9.90 Å². The Morgan fingerprint density at radius 1 is 1.59 bits per heavy atom. The van der Waals surface area contributed by atoms with Gasteiger partial charge in [0, 0.05) is 23.6 Å². The van der Waals surface area contributed by atoms with Gasteiger partial charge in [0.15, 0.2) is 0 Å². The van der Waals surface area contributed by atoms with E-state index in [2.05, 4.69) is 11.1 Å². The maximum absolute atomic E-state index is 12.4. The van der Waals surface area contributed by atoms with Crippen molar-refractivity contribution in [3.63, 3.8) is 0 Å². The van der Waals surface area contributed by atoms with Crippen molar-refractivity contribution in [2.75, 3.05) is 6.54 Å². The number of nitrogens with two attached hydrogens (primary N) is 1. The van der Waals surface area contributed by atoms with Crippen molar-refractivity contribution in [2.24, 2.45) is 5.73 Å². The van der Waals surface area contributed by atoms with Gasteiger partial charge in [0.25, 0.3) is 0 Å². The molecule has 2 aromatic rings. The molecular formula is C16H18N4O2. The highest BCUT2D eigenvalue weighted by Gasteiger charge is 2.31. The molecule has 6 nitrogen and oxygen atoms in total. The highest BCUT2D eigenvalue weighted by atomic mass is 16.3. The molecule has 0 radical (unpaired) electrons. The van der Waals surface area contributed by atoms with E-state index in [-0.39, 0.29) is 17.7 Å². The lowest BCUT2D eigenvalue weighted by molar-refractivity contribution is -0.132. The van der Waals surface area contributed by atoms with Gasteiger partial charge in [0.05, 0.1) is 12.1 Å². The largest absolute Gasteiger partial charge is 0.508 e. The number of aromatic amines is 1. The second-order valence-electron chi connectivity index (χ2n) is 5.67. The van der Waals surface area contributed by atoms with E-state index in [4.69, 9.17) is 11.0 Å². The van der Waals surface area contributed by atoms with Gasteiger partial charge in [-0.25, -0.2) is 0 Å². The van der Waals surface area contributed by atoms with Crippen LogP contribution < -0.4 is 5.73 Å². The number of aromatic hydroxyl groups is 1. The van der Waals surface area contributed by atoms with Crippen LogP contribution in [0.25, 0.3) is 10.9 Å². The Balaban J connectivity index is 1.78. The number of carbonyl (C=O) groups is 1. The summed E-state index contributed by atoms with van der Waals surface area (Å²) in [6, 6.07) is 6.17. The number of fused-ring (bicyclic) bond motifs is 1. The van der Waals surface area contributed by atoms with Gasteiger partial charge < -0.3 is 20.7 Å². The number of likely N-dealkylation sites (tertiary alicyclic amines) is 1. The molecule has 114 valence electrons. The third-order valence-corrected chi connectivity index (χ3v) is 4.19. The third kappa shape index (κ3) is 2.51. The molecule has 1 aliphatic heterocycles. The molecule has 1 saturated heterocycles. The molecule has 2 heterocycles. The van der Waals surface area contributed by atoms with Gasteiger partial charge in [-0.15, -0.1) is 0 Å². The fraction of sp³-hybridized carbons (Fsp3) is 0.375. The van der Waals surface area contributed by atoms with E-state index < -0.39 is 6.04 Å². The summed E-state index contributed by atoms with van der Waals surface area (Å²) in [7, 11) is 0. The molecule has 1 aromatic heterocycles. The fourth-order valence-corrected chi connectivity index (χ4v) is 3.04. The standard InChI is InChI=1S/C16H18N4O2/c17-8-11-2-1-5-20(11)16(22)14(18)6-10-9-19-15-4-3-12(21)7-13(10)15/h3-4,7,9,11,14,19,21H,1-2,5-6,18H2/t11-,14+/m0/s1. The number of hydrogen-bond acceptors (Lipinski definition) is 4. The van der Waals surface area contributed by atoms with E-state index in [0.29, 0.717) is 13.0 Å². The summed E-state index contributed by atoms with van der Waals surface area (Å²) >= 11 is 0. The first-order valence-electron chi connectivity index (χ1n) is 7.35. The normalized spacial score (nSPS) is 19.3. The first-order chi connectivity index (χ1) is 10.6. The quantitative estimate of drug-likeness (QED) is 0.793. The molecule has 1 amide bonds. The minimum absolute atomic E-state index is 0.178. The Morgan fingerprint density at radius 3 is 3.18 bits per heavy atom. The number of amides is 1. The number of H-pyrrole nitrogens is 1. The lowest BCUT2D eigenvalue weighted by atomic mass is 10.0. The molecule has 6 heteroatoms. The number of aromatic nitrogens is 1. The van der Waals surface area contributed by atoms with Crippen LogP contribution in [0.4, 0.5) is 0 Å². The first-order valence-corrected chi connectivity index (χ1v) is 7.35. The van der Waals surface area contributed by atoms with Crippen LogP contribution >= 0.6 is 0 Å². The SMILES string of the molecule is N#C[C@@H]1CCCN1C(=O)[C@H](N)Cc1c[nH]c2ccc(O)cc12. The average molecular weight is 298 g/mol. The summed E-state index contributed by atoms with van der Waals surface area (Å²) < 4.78 is 0. The van der Waals surface area contributed by atoms with Crippen LogP contribution in [0.3, 0.4) is 0 Å². The molecular weight excluding hydrogens is 280 g/mol. The van der Waals surface area contributed by atoms with Crippen molar-refractivity contribution in [1.29, 1.82) is 5.26 Å². The Morgan fingerprint density at radius 2 is 2.41 bits per heavy atom. The zero-order valence-electron chi connectivity index (χ0n) is 12.1. The topological polar surface area (TPSA) is 106 Å². The number of nitrogens with one attached hydrogen (secondary N) is 1. The second-order valence-corrected chi connectivity index (χ2v) is 5.67. The summed E-state index contributed by atoms with van der Waals surface area (Å²) in [6.07, 6.45) is 3.74. The zero-order valence-corrected chi connectivity index (χ0v) is 12.1. The van der Waals surface area contributed by atoms with Crippen molar-refractivity contribution >= 4 is 16.8 Å². The number of phenols is 1. The van der Waals surface area contributed by atoms with E-state index in [0.717, 1.165) is 29.3 Å². The molecule has 0 spiro atoms. The number of nitriles is 1. The van der Waals surface area contributed by atoms with Crippen LogP contribution in [0.5, 0.6) is 5.75 Å². The molecule has 1 aliphatic rings. The molecule has 0 unspecified atom stereocenters.